The van der Waals surface area contributed by atoms with Crippen LogP contribution in [0.4, 0.5) is 18.0 Å². The highest BCUT2D eigenvalue weighted by Crippen LogP contribution is 2.46. The Morgan fingerprint density at radius 3 is 2.35 bits per heavy atom. The van der Waals surface area contributed by atoms with E-state index in [1.165, 1.54) is 0 Å². The predicted octanol–water partition coefficient (Wildman–Crippen LogP) is 7.02. The Morgan fingerprint density at radius 1 is 1.05 bits per heavy atom. The molecule has 0 saturated carbocycles. The molecule has 1 saturated heterocycles. The van der Waals surface area contributed by atoms with E-state index in [0.717, 1.165) is 42.9 Å². The minimum absolute atomic E-state index is 0.0250. The first-order valence-electron chi connectivity index (χ1n) is 15.3. The number of carbonyl (C=O) groups excluding carboxylic acids is 2. The summed E-state index contributed by atoms with van der Waals surface area (Å²) >= 11 is 0. The Morgan fingerprint density at radius 2 is 1.72 bits per heavy atom. The van der Waals surface area contributed by atoms with Gasteiger partial charge in [-0.25, -0.2) is 4.79 Å². The van der Waals surface area contributed by atoms with Crippen molar-refractivity contribution in [1.82, 2.24) is 19.4 Å². The zero-order valence-electron chi connectivity index (χ0n) is 25.8. The summed E-state index contributed by atoms with van der Waals surface area (Å²) in [6, 6.07) is 5.34. The largest absolute Gasteiger partial charge is 0.444 e. The Kier molecular flexibility index (Phi) is 8.44. The number of likely N-dealkylation sites (tertiary alicyclic amines) is 1. The van der Waals surface area contributed by atoms with Crippen molar-refractivity contribution in [2.75, 3.05) is 19.6 Å². The monoisotopic (exact) mass is 600 g/mol. The molecule has 10 heteroatoms. The van der Waals surface area contributed by atoms with E-state index in [4.69, 9.17) is 4.74 Å². The van der Waals surface area contributed by atoms with Crippen LogP contribution in [0.25, 0.3) is 0 Å². The van der Waals surface area contributed by atoms with Crippen molar-refractivity contribution < 1.29 is 27.5 Å². The molecule has 0 bridgehead atoms. The lowest BCUT2D eigenvalue weighted by Crippen LogP contribution is -2.46. The Labute approximate surface area is 252 Å². The van der Waals surface area contributed by atoms with Gasteiger partial charge in [-0.15, -0.1) is 0 Å². The van der Waals surface area contributed by atoms with Crippen LogP contribution in [0.1, 0.15) is 87.1 Å². The molecule has 2 atom stereocenters. The van der Waals surface area contributed by atoms with Crippen LogP contribution in [0.5, 0.6) is 0 Å². The SMILES string of the molecule is Cc1ccc(C)n1C1C=CC(CCC2CCN(C(=O)OC(C)(C)C)CC2)(C(=O)N2CCc3ncc(C(F)(F)F)cc3C2)C1. The van der Waals surface area contributed by atoms with Crippen LogP contribution >= 0.6 is 0 Å². The molecule has 2 amide bonds. The number of ether oxygens (including phenoxy) is 1. The number of carbonyl (C=O) groups is 2. The Balaban J connectivity index is 1.32. The van der Waals surface area contributed by atoms with Crippen LogP contribution in [0.15, 0.2) is 36.5 Å². The number of aromatic nitrogens is 2. The summed E-state index contributed by atoms with van der Waals surface area (Å²) in [4.78, 5) is 34.5. The van der Waals surface area contributed by atoms with E-state index in [0.29, 0.717) is 56.1 Å². The molecule has 2 aromatic heterocycles. The van der Waals surface area contributed by atoms with Crippen molar-refractivity contribution in [3.05, 3.63) is 64.8 Å². The van der Waals surface area contributed by atoms with Crippen molar-refractivity contribution >= 4 is 12.0 Å². The molecule has 0 N–H and O–H groups in total. The molecule has 0 aromatic carbocycles. The molecule has 0 spiro atoms. The average Bonchev–Trinajstić information content (AvgIpc) is 3.52. The van der Waals surface area contributed by atoms with Gasteiger partial charge in [0.25, 0.3) is 0 Å². The third-order valence-corrected chi connectivity index (χ3v) is 9.21. The fourth-order valence-electron chi connectivity index (χ4n) is 6.90. The number of fused-ring (bicyclic) bond motifs is 1. The smallest absolute Gasteiger partial charge is 0.417 e. The number of aryl methyl sites for hydroxylation is 2. The number of halogens is 3. The third kappa shape index (κ3) is 6.78. The Bertz CT molecular complexity index is 1370. The van der Waals surface area contributed by atoms with Crippen LogP contribution in [0.3, 0.4) is 0 Å². The molecule has 3 aliphatic rings. The van der Waals surface area contributed by atoms with E-state index in [1.54, 1.807) is 9.80 Å². The number of hydrogen-bond acceptors (Lipinski definition) is 4. The number of amides is 2. The van der Waals surface area contributed by atoms with Gasteiger partial charge in [-0.2, -0.15) is 13.2 Å². The van der Waals surface area contributed by atoms with Crippen molar-refractivity contribution in [2.24, 2.45) is 11.3 Å². The summed E-state index contributed by atoms with van der Waals surface area (Å²) in [5, 5.41) is 0. The lowest BCUT2D eigenvalue weighted by Gasteiger charge is -2.38. The summed E-state index contributed by atoms with van der Waals surface area (Å²) in [5.74, 6) is 0.342. The van der Waals surface area contributed by atoms with Crippen molar-refractivity contribution in [2.45, 2.75) is 97.5 Å². The zero-order valence-corrected chi connectivity index (χ0v) is 25.8. The molecule has 4 heterocycles. The minimum Gasteiger partial charge on any atom is -0.444 e. The van der Waals surface area contributed by atoms with E-state index in [1.807, 2.05) is 20.8 Å². The molecule has 2 unspecified atom stereocenters. The maximum absolute atomic E-state index is 14.4. The van der Waals surface area contributed by atoms with E-state index in [-0.39, 0.29) is 24.6 Å². The molecule has 0 radical (unpaired) electrons. The summed E-state index contributed by atoms with van der Waals surface area (Å²) in [6.07, 6.45) is 4.53. The van der Waals surface area contributed by atoms with Crippen molar-refractivity contribution in [1.29, 1.82) is 0 Å². The molecule has 1 aliphatic carbocycles. The molecule has 2 aliphatic heterocycles. The fourth-order valence-corrected chi connectivity index (χ4v) is 6.90. The second kappa shape index (κ2) is 11.7. The molecule has 43 heavy (non-hydrogen) atoms. The van der Waals surface area contributed by atoms with E-state index in [9.17, 15) is 22.8 Å². The van der Waals surface area contributed by atoms with Crippen molar-refractivity contribution in [3.8, 4) is 0 Å². The van der Waals surface area contributed by atoms with Gasteiger partial charge in [0.1, 0.15) is 5.60 Å². The number of piperidine rings is 1. The predicted molar refractivity (Wildman–Crippen MR) is 157 cm³/mol. The first-order valence-corrected chi connectivity index (χ1v) is 15.3. The second-order valence-corrected chi connectivity index (χ2v) is 13.5. The lowest BCUT2D eigenvalue weighted by atomic mass is 9.76. The second-order valence-electron chi connectivity index (χ2n) is 13.5. The summed E-state index contributed by atoms with van der Waals surface area (Å²) in [6.45, 7) is 11.5. The highest BCUT2D eigenvalue weighted by atomic mass is 19.4. The van der Waals surface area contributed by atoms with E-state index < -0.39 is 22.8 Å². The number of nitrogens with zero attached hydrogens (tertiary/aromatic N) is 4. The fraction of sp³-hybridized carbons (Fsp3) is 0.606. The number of pyridine rings is 1. The molecular weight excluding hydrogens is 557 g/mol. The number of hydrogen-bond donors (Lipinski definition) is 0. The van der Waals surface area contributed by atoms with Gasteiger partial charge in [-0.1, -0.05) is 12.2 Å². The van der Waals surface area contributed by atoms with Gasteiger partial charge >= 0.3 is 12.3 Å². The molecule has 5 rings (SSSR count). The molecular formula is C33H43F3N4O3. The average molecular weight is 601 g/mol. The standard InChI is InChI=1S/C33H43F3N4O3/c1-22-6-7-23(2)40(22)27-9-14-32(19-27,13-8-24-10-15-38(16-11-24)30(42)43-31(3,4)5)29(41)39-17-12-28-25(21-39)18-26(20-37-28)33(34,35)36/h6-7,9,14,18,20,24,27H,8,10-13,15-17,19,21H2,1-5H3. The lowest BCUT2D eigenvalue weighted by molar-refractivity contribution is -0.141. The highest BCUT2D eigenvalue weighted by Gasteiger charge is 2.45. The molecule has 234 valence electrons. The van der Waals surface area contributed by atoms with E-state index in [2.05, 4.69) is 47.7 Å². The summed E-state index contributed by atoms with van der Waals surface area (Å²) < 4.78 is 48.1. The van der Waals surface area contributed by atoms with Crippen LogP contribution in [0, 0.1) is 25.2 Å². The van der Waals surface area contributed by atoms with Gasteiger partial charge < -0.3 is 19.1 Å². The van der Waals surface area contributed by atoms with Crippen LogP contribution in [-0.2, 0) is 28.7 Å². The number of allylic oxidation sites excluding steroid dienone is 1. The van der Waals surface area contributed by atoms with Crippen LogP contribution in [-0.4, -0.2) is 56.6 Å². The maximum atomic E-state index is 14.4. The number of rotatable bonds is 5. The highest BCUT2D eigenvalue weighted by molar-refractivity contribution is 5.85. The van der Waals surface area contributed by atoms with Crippen molar-refractivity contribution in [3.63, 3.8) is 0 Å². The quantitative estimate of drug-likeness (QED) is 0.346. The summed E-state index contributed by atoms with van der Waals surface area (Å²) in [5.41, 5.74) is 1.28. The zero-order chi connectivity index (χ0) is 31.2. The maximum Gasteiger partial charge on any atom is 0.417 e. The number of alkyl halides is 3. The Hall–Kier alpha value is -3.30. The molecule has 1 fully saturated rings. The normalized spacial score (nSPS) is 23.0. The third-order valence-electron chi connectivity index (χ3n) is 9.21. The van der Waals surface area contributed by atoms with Gasteiger partial charge in [0.15, 0.2) is 0 Å². The molecule has 7 nitrogen and oxygen atoms in total. The first-order chi connectivity index (χ1) is 20.1. The van der Waals surface area contributed by atoms with Gasteiger partial charge in [0.05, 0.1) is 17.0 Å². The van der Waals surface area contributed by atoms with Gasteiger partial charge in [0, 0.05) is 55.9 Å². The van der Waals surface area contributed by atoms with Gasteiger partial charge in [-0.05, 0) is 96.4 Å². The van der Waals surface area contributed by atoms with Crippen LogP contribution in [0.2, 0.25) is 0 Å². The topological polar surface area (TPSA) is 67.7 Å². The van der Waals surface area contributed by atoms with Crippen LogP contribution < -0.4 is 0 Å². The minimum atomic E-state index is -4.48. The molecule has 2 aromatic rings. The van der Waals surface area contributed by atoms with Gasteiger partial charge in [-0.3, -0.25) is 9.78 Å². The summed E-state index contributed by atoms with van der Waals surface area (Å²) in [7, 11) is 0. The first kappa shape index (κ1) is 31.1. The van der Waals surface area contributed by atoms with Gasteiger partial charge in [0.2, 0.25) is 5.91 Å². The van der Waals surface area contributed by atoms with E-state index >= 15 is 0 Å².